The molecule has 0 radical (unpaired) electrons. The van der Waals surface area contributed by atoms with Gasteiger partial charge >= 0.3 is 6.09 Å². The molecule has 228 valence electrons. The van der Waals surface area contributed by atoms with Crippen LogP contribution in [0.15, 0.2) is 73.7 Å². The molecule has 1 aliphatic heterocycles. The Morgan fingerprint density at radius 2 is 1.98 bits per heavy atom. The third-order valence-electron chi connectivity index (χ3n) is 6.71. The van der Waals surface area contributed by atoms with E-state index in [1.54, 1.807) is 37.6 Å². The summed E-state index contributed by atoms with van der Waals surface area (Å²) >= 11 is 6.52. The number of benzene rings is 2. The molecular formula is C31H31ClN6O6. The number of anilines is 3. The summed E-state index contributed by atoms with van der Waals surface area (Å²) in [5, 5.41) is 7.01. The normalized spacial score (nSPS) is 14.2. The first kappa shape index (κ1) is 30.5. The highest BCUT2D eigenvalue weighted by Gasteiger charge is 2.30. The summed E-state index contributed by atoms with van der Waals surface area (Å²) in [4.78, 5) is 39.7. The highest BCUT2D eigenvalue weighted by Crippen LogP contribution is 2.35. The van der Waals surface area contributed by atoms with E-state index in [0.29, 0.717) is 70.6 Å². The maximum absolute atomic E-state index is 13.0. The Morgan fingerprint density at radius 3 is 2.75 bits per heavy atom. The first-order valence-electron chi connectivity index (χ1n) is 13.9. The standard InChI is InChI=1S/C31H31ClN6O6/c1-3-28(39)38-12-6-8-29(38)44-31(40)37-25-16-22-24(17-27(25)42-14-13-41-2)34-19-35-30(22)36-20-9-10-26(23(32)15-20)43-18-21-7-4-5-11-33-21/h3-5,7,9-11,15-17,19,29H,1,6,8,12-14,18H2,2H3,(H,37,40)(H,34,35,36)/t29-/m0/s1. The summed E-state index contributed by atoms with van der Waals surface area (Å²) in [6.07, 6.45) is 4.13. The Morgan fingerprint density at radius 1 is 1.09 bits per heavy atom. The average Bonchev–Trinajstić information content (AvgIpc) is 3.49. The number of hydrogen-bond donors (Lipinski definition) is 2. The van der Waals surface area contributed by atoms with Crippen molar-refractivity contribution in [3.8, 4) is 11.5 Å². The van der Waals surface area contributed by atoms with Gasteiger partial charge in [0.05, 0.1) is 28.5 Å². The van der Waals surface area contributed by atoms with Crippen molar-refractivity contribution < 1.29 is 28.5 Å². The molecule has 1 aliphatic rings. The minimum absolute atomic E-state index is 0.236. The van der Waals surface area contributed by atoms with Crippen LogP contribution in [0.1, 0.15) is 18.5 Å². The molecular weight excluding hydrogens is 588 g/mol. The molecule has 12 nitrogen and oxygen atoms in total. The number of carbonyl (C=O) groups is 2. The molecule has 1 atom stereocenters. The van der Waals surface area contributed by atoms with Gasteiger partial charge in [0, 0.05) is 43.4 Å². The molecule has 5 rings (SSSR count). The highest BCUT2D eigenvalue weighted by molar-refractivity contribution is 6.32. The number of hydrogen-bond acceptors (Lipinski definition) is 10. The molecule has 4 aromatic rings. The molecule has 2 aromatic carbocycles. The Labute approximate surface area is 259 Å². The summed E-state index contributed by atoms with van der Waals surface area (Å²) in [6.45, 7) is 4.85. The average molecular weight is 619 g/mol. The lowest BCUT2D eigenvalue weighted by atomic mass is 10.2. The number of aromatic nitrogens is 3. The number of rotatable bonds is 12. The van der Waals surface area contributed by atoms with Crippen molar-refractivity contribution in [2.75, 3.05) is 37.5 Å². The molecule has 2 N–H and O–H groups in total. The van der Waals surface area contributed by atoms with Crippen molar-refractivity contribution >= 4 is 51.7 Å². The van der Waals surface area contributed by atoms with Gasteiger partial charge in [-0.15, -0.1) is 0 Å². The van der Waals surface area contributed by atoms with Gasteiger partial charge in [-0.05, 0) is 48.9 Å². The van der Waals surface area contributed by atoms with Crippen LogP contribution in [-0.2, 0) is 20.9 Å². The molecule has 0 aliphatic carbocycles. The molecule has 1 saturated heterocycles. The van der Waals surface area contributed by atoms with Crippen LogP contribution >= 0.6 is 11.6 Å². The Hall–Kier alpha value is -4.94. The van der Waals surface area contributed by atoms with Crippen LogP contribution in [0.2, 0.25) is 5.02 Å². The fourth-order valence-electron chi connectivity index (χ4n) is 4.59. The van der Waals surface area contributed by atoms with Gasteiger partial charge in [0.2, 0.25) is 5.91 Å². The minimum atomic E-state index is -0.742. The number of ether oxygens (including phenoxy) is 4. The van der Waals surface area contributed by atoms with Crippen LogP contribution < -0.4 is 20.1 Å². The first-order valence-corrected chi connectivity index (χ1v) is 14.2. The first-order chi connectivity index (χ1) is 21.4. The van der Waals surface area contributed by atoms with E-state index in [2.05, 4.69) is 32.2 Å². The number of amides is 2. The Balaban J connectivity index is 1.36. The Bertz CT molecular complexity index is 1640. The van der Waals surface area contributed by atoms with E-state index in [9.17, 15) is 9.59 Å². The van der Waals surface area contributed by atoms with Crippen LogP contribution in [0, 0.1) is 0 Å². The lowest BCUT2D eigenvalue weighted by Gasteiger charge is -2.23. The van der Waals surface area contributed by atoms with Gasteiger partial charge < -0.3 is 29.2 Å². The van der Waals surface area contributed by atoms with Crippen molar-refractivity contribution in [1.29, 1.82) is 0 Å². The van der Waals surface area contributed by atoms with Crippen LogP contribution in [0.4, 0.5) is 22.0 Å². The largest absolute Gasteiger partial charge is 0.489 e. The van der Waals surface area contributed by atoms with Gasteiger partial charge in [-0.1, -0.05) is 24.2 Å². The second-order valence-electron chi connectivity index (χ2n) is 9.67. The number of pyridine rings is 1. The van der Waals surface area contributed by atoms with Gasteiger partial charge in [-0.2, -0.15) is 0 Å². The Kier molecular flexibility index (Phi) is 10.1. The monoisotopic (exact) mass is 618 g/mol. The molecule has 2 aromatic heterocycles. The fourth-order valence-corrected chi connectivity index (χ4v) is 4.83. The molecule has 13 heteroatoms. The summed E-state index contributed by atoms with van der Waals surface area (Å²) in [7, 11) is 1.56. The SMILES string of the molecule is C=CC(=O)N1CCC[C@@H]1OC(=O)Nc1cc2c(Nc3ccc(OCc4ccccn4)c(Cl)c3)ncnc2cc1OCCOC. The predicted octanol–water partition coefficient (Wildman–Crippen LogP) is 5.71. The van der Waals surface area contributed by atoms with Gasteiger partial charge in [-0.3, -0.25) is 15.1 Å². The quantitative estimate of drug-likeness (QED) is 0.150. The minimum Gasteiger partial charge on any atom is -0.489 e. The van der Waals surface area contributed by atoms with Gasteiger partial charge in [-0.25, -0.2) is 14.8 Å². The van der Waals surface area contributed by atoms with Gasteiger partial charge in [0.15, 0.2) is 6.23 Å². The predicted molar refractivity (Wildman–Crippen MR) is 165 cm³/mol. The van der Waals surface area contributed by atoms with Crippen LogP contribution in [0.3, 0.4) is 0 Å². The van der Waals surface area contributed by atoms with E-state index in [1.165, 1.54) is 17.3 Å². The van der Waals surface area contributed by atoms with Crippen LogP contribution in [0.5, 0.6) is 11.5 Å². The number of halogens is 1. The van der Waals surface area contributed by atoms with Crippen molar-refractivity contribution in [2.45, 2.75) is 25.7 Å². The summed E-state index contributed by atoms with van der Waals surface area (Å²) in [5.41, 5.74) is 2.33. The summed E-state index contributed by atoms with van der Waals surface area (Å²) in [6, 6.07) is 14.3. The van der Waals surface area contributed by atoms with E-state index in [0.717, 1.165) is 5.69 Å². The lowest BCUT2D eigenvalue weighted by Crippen LogP contribution is -2.38. The summed E-state index contributed by atoms with van der Waals surface area (Å²) < 4.78 is 22.4. The number of methoxy groups -OCH3 is 1. The number of nitrogens with one attached hydrogen (secondary N) is 2. The second kappa shape index (κ2) is 14.5. The van der Waals surface area contributed by atoms with Crippen LogP contribution in [-0.4, -0.2) is 64.9 Å². The smallest absolute Gasteiger partial charge is 0.413 e. The maximum atomic E-state index is 13.0. The maximum Gasteiger partial charge on any atom is 0.413 e. The van der Waals surface area contributed by atoms with E-state index >= 15 is 0 Å². The number of carbonyl (C=O) groups excluding carboxylic acids is 2. The molecule has 0 spiro atoms. The topological polar surface area (TPSA) is 137 Å². The number of nitrogens with zero attached hydrogens (tertiary/aromatic N) is 4. The summed E-state index contributed by atoms with van der Waals surface area (Å²) in [5.74, 6) is 1.04. The molecule has 44 heavy (non-hydrogen) atoms. The van der Waals surface area contributed by atoms with Crippen molar-refractivity contribution in [1.82, 2.24) is 19.9 Å². The third-order valence-corrected chi connectivity index (χ3v) is 7.01. The van der Waals surface area contributed by atoms with Crippen LogP contribution in [0.25, 0.3) is 10.9 Å². The fraction of sp³-hybridized carbons (Fsp3) is 0.258. The zero-order valence-electron chi connectivity index (χ0n) is 24.0. The zero-order valence-corrected chi connectivity index (χ0v) is 24.8. The van der Waals surface area contributed by atoms with Crippen molar-refractivity contribution in [3.63, 3.8) is 0 Å². The number of likely N-dealkylation sites (tertiary alicyclic amines) is 1. The molecule has 3 heterocycles. The molecule has 0 bridgehead atoms. The number of fused-ring (bicyclic) bond motifs is 1. The molecule has 2 amide bonds. The van der Waals surface area contributed by atoms with E-state index in [-0.39, 0.29) is 19.1 Å². The van der Waals surface area contributed by atoms with Crippen molar-refractivity contribution in [2.24, 2.45) is 0 Å². The van der Waals surface area contributed by atoms with Gasteiger partial charge in [0.25, 0.3) is 0 Å². The van der Waals surface area contributed by atoms with E-state index < -0.39 is 12.3 Å². The second-order valence-corrected chi connectivity index (χ2v) is 10.1. The molecule has 0 saturated carbocycles. The molecule has 1 fully saturated rings. The third kappa shape index (κ3) is 7.52. The zero-order chi connectivity index (χ0) is 30.9. The highest BCUT2D eigenvalue weighted by atomic mass is 35.5. The van der Waals surface area contributed by atoms with Crippen molar-refractivity contribution in [3.05, 3.63) is 84.4 Å². The van der Waals surface area contributed by atoms with Gasteiger partial charge in [0.1, 0.15) is 36.9 Å². The molecule has 0 unspecified atom stereocenters. The van der Waals surface area contributed by atoms with E-state index in [4.69, 9.17) is 30.5 Å². The van der Waals surface area contributed by atoms with E-state index in [1.807, 2.05) is 24.3 Å². The lowest BCUT2D eigenvalue weighted by molar-refractivity contribution is -0.132.